The molecule has 2 heterocycles. The van der Waals surface area contributed by atoms with E-state index < -0.39 is 5.97 Å². The maximum Gasteiger partial charge on any atom is 0.354 e. The molecule has 0 radical (unpaired) electrons. The molecule has 0 aromatic carbocycles. The molecule has 0 unspecified atom stereocenters. The summed E-state index contributed by atoms with van der Waals surface area (Å²) in [4.78, 5) is 23.3. The number of carboxylic acid groups (broad SMARTS) is 1. The molecular weight excluding hydrogens is 353 g/mol. The van der Waals surface area contributed by atoms with Crippen LogP contribution in [0.25, 0.3) is 0 Å². The fraction of sp³-hybridized carbons (Fsp3) is 0. The minimum atomic E-state index is -1.04. The van der Waals surface area contributed by atoms with Crippen molar-refractivity contribution < 1.29 is 9.90 Å². The summed E-state index contributed by atoms with van der Waals surface area (Å²) < 4.78 is 0.920. The predicted octanol–water partition coefficient (Wildman–Crippen LogP) is 2.33. The summed E-state index contributed by atoms with van der Waals surface area (Å²) in [6, 6.07) is 3.26. The van der Waals surface area contributed by atoms with Crippen LogP contribution in [0.1, 0.15) is 10.5 Å². The van der Waals surface area contributed by atoms with Crippen LogP contribution in [-0.2, 0) is 0 Å². The molecule has 0 bridgehead atoms. The van der Waals surface area contributed by atoms with Gasteiger partial charge in [-0.2, -0.15) is 0 Å². The molecule has 0 atom stereocenters. The molecule has 7 heteroatoms. The van der Waals surface area contributed by atoms with E-state index >= 15 is 0 Å². The van der Waals surface area contributed by atoms with Gasteiger partial charge < -0.3 is 5.11 Å². The molecule has 5 nitrogen and oxygen atoms in total. The summed E-state index contributed by atoms with van der Waals surface area (Å²) in [6.45, 7) is 0. The lowest BCUT2D eigenvalue weighted by Crippen LogP contribution is -1.99. The van der Waals surface area contributed by atoms with Crippen molar-refractivity contribution in [2.75, 3.05) is 0 Å². The molecule has 17 heavy (non-hydrogen) atoms. The second kappa shape index (κ2) is 5.41. The molecule has 0 aliphatic rings. The standard InChI is InChI=1S/C10H6IN3O2S/c11-7-4-12-5-14-9(7)17-6-1-2-13-8(3-6)10(15)16/h1-5H,(H,15,16). The number of aromatic carboxylic acids is 1. The second-order valence-electron chi connectivity index (χ2n) is 2.96. The normalized spacial score (nSPS) is 10.2. The molecule has 2 rings (SSSR count). The first-order valence-corrected chi connectivity index (χ1v) is 6.39. The van der Waals surface area contributed by atoms with Crippen LogP contribution in [0.3, 0.4) is 0 Å². The third-order valence-corrected chi connectivity index (χ3v) is 3.96. The number of rotatable bonds is 3. The number of hydrogen-bond acceptors (Lipinski definition) is 5. The lowest BCUT2D eigenvalue weighted by atomic mass is 10.3. The minimum Gasteiger partial charge on any atom is -0.477 e. The van der Waals surface area contributed by atoms with Crippen molar-refractivity contribution in [1.82, 2.24) is 15.0 Å². The fourth-order valence-electron chi connectivity index (χ4n) is 1.08. The fourth-order valence-corrected chi connectivity index (χ4v) is 2.48. The van der Waals surface area contributed by atoms with Gasteiger partial charge >= 0.3 is 5.97 Å². The van der Waals surface area contributed by atoms with Crippen LogP contribution in [-0.4, -0.2) is 26.0 Å². The molecule has 0 saturated heterocycles. The maximum absolute atomic E-state index is 10.8. The SMILES string of the molecule is O=C(O)c1cc(Sc2ncncc2I)ccn1. The molecule has 0 spiro atoms. The van der Waals surface area contributed by atoms with Crippen LogP contribution in [0.15, 0.2) is 40.8 Å². The van der Waals surface area contributed by atoms with Crippen molar-refractivity contribution in [3.05, 3.63) is 40.1 Å². The lowest BCUT2D eigenvalue weighted by Gasteiger charge is -2.02. The molecule has 0 aliphatic heterocycles. The summed E-state index contributed by atoms with van der Waals surface area (Å²) >= 11 is 3.52. The predicted molar refractivity (Wildman–Crippen MR) is 70.1 cm³/mol. The Balaban J connectivity index is 2.28. The smallest absolute Gasteiger partial charge is 0.354 e. The number of hydrogen-bond donors (Lipinski definition) is 1. The van der Waals surface area contributed by atoms with Crippen LogP contribution < -0.4 is 0 Å². The van der Waals surface area contributed by atoms with Crippen LogP contribution in [0.5, 0.6) is 0 Å². The average molecular weight is 359 g/mol. The Bertz CT molecular complexity index is 565. The molecule has 2 aromatic rings. The van der Waals surface area contributed by atoms with Gasteiger partial charge in [-0.15, -0.1) is 0 Å². The van der Waals surface area contributed by atoms with E-state index in [4.69, 9.17) is 5.11 Å². The lowest BCUT2D eigenvalue weighted by molar-refractivity contribution is 0.0690. The summed E-state index contributed by atoms with van der Waals surface area (Å²) in [5.74, 6) is -1.04. The second-order valence-corrected chi connectivity index (χ2v) is 5.18. The number of nitrogens with zero attached hydrogens (tertiary/aromatic N) is 3. The van der Waals surface area contributed by atoms with Crippen molar-refractivity contribution in [3.63, 3.8) is 0 Å². The molecule has 0 aliphatic carbocycles. The molecule has 0 saturated carbocycles. The molecule has 86 valence electrons. The molecule has 2 aromatic heterocycles. The highest BCUT2D eigenvalue weighted by molar-refractivity contribution is 14.1. The van der Waals surface area contributed by atoms with Crippen molar-refractivity contribution in [2.45, 2.75) is 9.92 Å². The zero-order valence-electron chi connectivity index (χ0n) is 8.37. The molecular formula is C10H6IN3O2S. The first-order valence-electron chi connectivity index (χ1n) is 4.49. The van der Waals surface area contributed by atoms with Crippen molar-refractivity contribution in [2.24, 2.45) is 0 Å². The average Bonchev–Trinajstić information content (AvgIpc) is 2.32. The van der Waals surface area contributed by atoms with E-state index in [9.17, 15) is 4.79 Å². The summed E-state index contributed by atoms with van der Waals surface area (Å²) in [5, 5.41) is 9.63. The van der Waals surface area contributed by atoms with E-state index in [1.54, 1.807) is 12.3 Å². The Labute approximate surface area is 115 Å². The molecule has 1 N–H and O–H groups in total. The first-order chi connectivity index (χ1) is 8.16. The van der Waals surface area contributed by atoms with Crippen molar-refractivity contribution in [1.29, 1.82) is 0 Å². The van der Waals surface area contributed by atoms with E-state index in [2.05, 4.69) is 37.5 Å². The van der Waals surface area contributed by atoms with Crippen LogP contribution in [0.4, 0.5) is 0 Å². The third kappa shape index (κ3) is 3.13. The topological polar surface area (TPSA) is 76.0 Å². The van der Waals surface area contributed by atoms with E-state index in [1.165, 1.54) is 30.4 Å². The van der Waals surface area contributed by atoms with Gasteiger partial charge in [-0.1, -0.05) is 11.8 Å². The molecule has 0 fully saturated rings. The highest BCUT2D eigenvalue weighted by Gasteiger charge is 2.08. The highest BCUT2D eigenvalue weighted by Crippen LogP contribution is 2.28. The maximum atomic E-state index is 10.8. The Morgan fingerprint density at radius 3 is 2.94 bits per heavy atom. The molecule has 0 amide bonds. The van der Waals surface area contributed by atoms with E-state index in [0.717, 1.165) is 13.5 Å². The van der Waals surface area contributed by atoms with Crippen molar-refractivity contribution in [3.8, 4) is 0 Å². The van der Waals surface area contributed by atoms with Gasteiger partial charge in [0.25, 0.3) is 0 Å². The number of carbonyl (C=O) groups is 1. The van der Waals surface area contributed by atoms with Gasteiger partial charge in [0.05, 0.1) is 3.57 Å². The number of aromatic nitrogens is 3. The van der Waals surface area contributed by atoms with E-state index in [0.29, 0.717) is 0 Å². The van der Waals surface area contributed by atoms with Crippen LogP contribution in [0, 0.1) is 3.57 Å². The van der Waals surface area contributed by atoms with E-state index in [-0.39, 0.29) is 5.69 Å². The summed E-state index contributed by atoms with van der Waals surface area (Å²) in [5.41, 5.74) is 0.0269. The Kier molecular flexibility index (Phi) is 3.89. The zero-order valence-corrected chi connectivity index (χ0v) is 11.3. The monoisotopic (exact) mass is 359 g/mol. The van der Waals surface area contributed by atoms with E-state index in [1.807, 2.05) is 0 Å². The highest BCUT2D eigenvalue weighted by atomic mass is 127. The van der Waals surface area contributed by atoms with Gasteiger partial charge in [-0.05, 0) is 34.7 Å². The summed E-state index contributed by atoms with van der Waals surface area (Å²) in [7, 11) is 0. The van der Waals surface area contributed by atoms with Crippen LogP contribution in [0.2, 0.25) is 0 Å². The largest absolute Gasteiger partial charge is 0.477 e. The third-order valence-electron chi connectivity index (χ3n) is 1.80. The quantitative estimate of drug-likeness (QED) is 0.670. The number of halogens is 1. The van der Waals surface area contributed by atoms with Gasteiger partial charge in [-0.3, -0.25) is 0 Å². The van der Waals surface area contributed by atoms with Crippen molar-refractivity contribution >= 4 is 40.3 Å². The Morgan fingerprint density at radius 2 is 2.24 bits per heavy atom. The van der Waals surface area contributed by atoms with Crippen LogP contribution >= 0.6 is 34.4 Å². The number of carboxylic acids is 1. The minimum absolute atomic E-state index is 0.0269. The van der Waals surface area contributed by atoms with Gasteiger partial charge in [0.2, 0.25) is 0 Å². The number of pyridine rings is 1. The van der Waals surface area contributed by atoms with Gasteiger partial charge in [0, 0.05) is 17.3 Å². The van der Waals surface area contributed by atoms with Gasteiger partial charge in [-0.25, -0.2) is 19.7 Å². The Hall–Kier alpha value is -1.22. The zero-order chi connectivity index (χ0) is 12.3. The van der Waals surface area contributed by atoms with Gasteiger partial charge in [0.15, 0.2) is 0 Å². The summed E-state index contributed by atoms with van der Waals surface area (Å²) in [6.07, 6.45) is 4.64. The Morgan fingerprint density at radius 1 is 1.41 bits per heavy atom. The first kappa shape index (κ1) is 12.2. The van der Waals surface area contributed by atoms with Gasteiger partial charge in [0.1, 0.15) is 17.0 Å².